The first-order valence-electron chi connectivity index (χ1n) is 11.8. The van der Waals surface area contributed by atoms with Crippen LogP contribution in [0.15, 0.2) is 35.5 Å². The third-order valence-corrected chi connectivity index (χ3v) is 6.40. The van der Waals surface area contributed by atoms with Gasteiger partial charge in [0.05, 0.1) is 6.04 Å². The normalized spacial score (nSPS) is 14.1. The van der Waals surface area contributed by atoms with Gasteiger partial charge in [-0.05, 0) is 24.5 Å². The predicted octanol–water partition coefficient (Wildman–Crippen LogP) is -1.51. The van der Waals surface area contributed by atoms with Crippen LogP contribution in [-0.4, -0.2) is 82.0 Å². The first-order chi connectivity index (χ1) is 18.1. The molecule has 0 saturated carbocycles. The molecule has 0 radical (unpaired) electrons. The van der Waals surface area contributed by atoms with Gasteiger partial charge in [0, 0.05) is 41.6 Å². The summed E-state index contributed by atoms with van der Waals surface area (Å²) in [5.41, 5.74) is 18.0. The minimum atomic E-state index is -1.27. The van der Waals surface area contributed by atoms with Gasteiger partial charge in [0.2, 0.25) is 17.7 Å². The van der Waals surface area contributed by atoms with Gasteiger partial charge < -0.3 is 43.2 Å². The highest BCUT2D eigenvalue weighted by Gasteiger charge is 2.30. The number of amides is 3. The van der Waals surface area contributed by atoms with E-state index in [0.29, 0.717) is 6.42 Å². The summed E-state index contributed by atoms with van der Waals surface area (Å²) in [5.74, 6) is -3.45. The number of aromatic amines is 1. The Hall–Kier alpha value is -3.43. The Morgan fingerprint density at radius 1 is 0.947 bits per heavy atom. The predicted molar refractivity (Wildman–Crippen MR) is 151 cm³/mol. The molecule has 38 heavy (non-hydrogen) atoms. The van der Waals surface area contributed by atoms with Crippen LogP contribution in [0.25, 0.3) is 10.9 Å². The summed E-state index contributed by atoms with van der Waals surface area (Å²) in [6.45, 7) is 0.210. The Labute approximate surface area is 230 Å². The number of guanidine groups is 1. The fraction of sp³-hybridized carbons (Fsp3) is 0.435. The number of rotatable bonds is 15. The number of carbonyl (C=O) groups excluding carboxylic acids is 3. The van der Waals surface area contributed by atoms with E-state index in [1.807, 2.05) is 24.3 Å². The number of carbonyl (C=O) groups is 4. The maximum atomic E-state index is 13.3. The first-order valence-corrected chi connectivity index (χ1v) is 13.0. The Kier molecular flexibility index (Phi) is 12.2. The molecule has 2 aromatic rings. The second kappa shape index (κ2) is 15.1. The number of thiol groups is 2. The van der Waals surface area contributed by atoms with E-state index in [1.165, 1.54) is 0 Å². The van der Waals surface area contributed by atoms with Crippen molar-refractivity contribution in [1.82, 2.24) is 20.9 Å². The molecule has 2 rings (SSSR count). The molecule has 1 heterocycles. The zero-order valence-electron chi connectivity index (χ0n) is 20.6. The zero-order valence-corrected chi connectivity index (χ0v) is 22.4. The lowest BCUT2D eigenvalue weighted by Gasteiger charge is -2.25. The molecule has 4 atom stereocenters. The number of fused-ring (bicyclic) bond motifs is 1. The van der Waals surface area contributed by atoms with Crippen molar-refractivity contribution in [3.05, 3.63) is 36.0 Å². The van der Waals surface area contributed by atoms with Crippen molar-refractivity contribution in [2.45, 2.75) is 43.4 Å². The number of hydrogen-bond donors (Lipinski definition) is 10. The van der Waals surface area contributed by atoms with E-state index in [-0.39, 0.29) is 36.9 Å². The Morgan fingerprint density at radius 3 is 2.21 bits per heavy atom. The lowest BCUT2D eigenvalue weighted by atomic mass is 10.0. The van der Waals surface area contributed by atoms with Crippen LogP contribution in [0, 0.1) is 0 Å². The van der Waals surface area contributed by atoms with Gasteiger partial charge in [-0.25, -0.2) is 4.79 Å². The van der Waals surface area contributed by atoms with E-state index < -0.39 is 47.9 Å². The monoisotopic (exact) mass is 566 g/mol. The Balaban J connectivity index is 2.29. The topological polar surface area (TPSA) is 231 Å². The standard InChI is InChI=1S/C23H34N8O5S2/c24-14(10-37)19(32)29-16(6-3-7-27-23(25)26)20(33)30-17(21(34)31-18(11-38)22(35)36)8-12-9-28-15-5-2-1-4-13(12)15/h1-2,4-5,9,14,16-18,28,37-38H,3,6-8,10-11,24H2,(H,29,32)(H,30,33)(H,31,34)(H,35,36)(H4,25,26,27). The summed E-state index contributed by atoms with van der Waals surface area (Å²) in [4.78, 5) is 57.3. The number of H-pyrrole nitrogens is 1. The molecule has 4 unspecified atom stereocenters. The summed E-state index contributed by atoms with van der Waals surface area (Å²) in [6, 6.07) is 2.95. The van der Waals surface area contributed by atoms with Gasteiger partial charge in [-0.2, -0.15) is 25.3 Å². The molecule has 15 heteroatoms. The minimum Gasteiger partial charge on any atom is -0.480 e. The minimum absolute atomic E-state index is 0.0469. The van der Waals surface area contributed by atoms with Crippen molar-refractivity contribution < 1.29 is 24.3 Å². The second-order valence-corrected chi connectivity index (χ2v) is 9.24. The molecule has 0 aliphatic carbocycles. The molecule has 0 aliphatic rings. The number of aromatic nitrogens is 1. The van der Waals surface area contributed by atoms with Crippen molar-refractivity contribution in [2.75, 3.05) is 18.1 Å². The molecule has 0 bridgehead atoms. The molecular formula is C23H34N8O5S2. The van der Waals surface area contributed by atoms with Crippen LogP contribution in [0.3, 0.4) is 0 Å². The number of aliphatic carboxylic acids is 1. The van der Waals surface area contributed by atoms with E-state index >= 15 is 0 Å². The summed E-state index contributed by atoms with van der Waals surface area (Å²) in [5, 5.41) is 17.8. The average Bonchev–Trinajstić information content (AvgIpc) is 3.30. The number of nitrogens with one attached hydrogen (secondary N) is 4. The smallest absolute Gasteiger partial charge is 0.327 e. The van der Waals surface area contributed by atoms with Gasteiger partial charge in [-0.3, -0.25) is 19.4 Å². The van der Waals surface area contributed by atoms with E-state index in [9.17, 15) is 24.3 Å². The maximum Gasteiger partial charge on any atom is 0.327 e. The highest BCUT2D eigenvalue weighted by Crippen LogP contribution is 2.19. The van der Waals surface area contributed by atoms with Crippen LogP contribution < -0.4 is 33.2 Å². The Morgan fingerprint density at radius 2 is 1.58 bits per heavy atom. The first kappa shape index (κ1) is 30.8. The molecular weight excluding hydrogens is 532 g/mol. The van der Waals surface area contributed by atoms with E-state index in [1.54, 1.807) is 6.20 Å². The van der Waals surface area contributed by atoms with E-state index in [0.717, 1.165) is 16.5 Å². The number of nitrogens with zero attached hydrogens (tertiary/aromatic N) is 1. The summed E-state index contributed by atoms with van der Waals surface area (Å²) in [6.07, 6.45) is 2.24. The third-order valence-electron chi connectivity index (χ3n) is 5.64. The zero-order chi connectivity index (χ0) is 28.2. The summed E-state index contributed by atoms with van der Waals surface area (Å²) >= 11 is 8.00. The summed E-state index contributed by atoms with van der Waals surface area (Å²) in [7, 11) is 0. The number of carboxylic acids is 1. The van der Waals surface area contributed by atoms with Crippen molar-refractivity contribution in [3.63, 3.8) is 0 Å². The number of para-hydroxylation sites is 1. The van der Waals surface area contributed by atoms with Crippen LogP contribution in [-0.2, 0) is 25.6 Å². The van der Waals surface area contributed by atoms with Crippen LogP contribution in [0.4, 0.5) is 0 Å². The molecule has 11 N–H and O–H groups in total. The molecule has 1 aromatic heterocycles. The van der Waals surface area contributed by atoms with Crippen molar-refractivity contribution in [2.24, 2.45) is 22.2 Å². The number of aliphatic imine (C=N–C) groups is 1. The van der Waals surface area contributed by atoms with Crippen molar-refractivity contribution in [3.8, 4) is 0 Å². The van der Waals surface area contributed by atoms with Crippen LogP contribution in [0.5, 0.6) is 0 Å². The quantitative estimate of drug-likeness (QED) is 0.0526. The SMILES string of the molecule is NC(N)=NCCCC(NC(=O)C(N)CS)C(=O)NC(Cc1c[nH]c2ccccc12)C(=O)NC(CS)C(=O)O. The number of benzene rings is 1. The maximum absolute atomic E-state index is 13.3. The molecule has 0 saturated heterocycles. The van der Waals surface area contributed by atoms with Gasteiger partial charge in [-0.15, -0.1) is 0 Å². The van der Waals surface area contributed by atoms with Gasteiger partial charge in [0.15, 0.2) is 5.96 Å². The van der Waals surface area contributed by atoms with Crippen molar-refractivity contribution in [1.29, 1.82) is 0 Å². The van der Waals surface area contributed by atoms with Gasteiger partial charge >= 0.3 is 5.97 Å². The van der Waals surface area contributed by atoms with Crippen LogP contribution in [0.2, 0.25) is 0 Å². The molecule has 13 nitrogen and oxygen atoms in total. The lowest BCUT2D eigenvalue weighted by Crippen LogP contribution is -2.58. The van der Waals surface area contributed by atoms with E-state index in [4.69, 9.17) is 17.2 Å². The molecule has 3 amide bonds. The number of hydrogen-bond acceptors (Lipinski definition) is 8. The highest BCUT2D eigenvalue weighted by molar-refractivity contribution is 7.80. The Bertz CT molecular complexity index is 1150. The number of nitrogens with two attached hydrogens (primary N) is 3. The summed E-state index contributed by atoms with van der Waals surface area (Å²) < 4.78 is 0. The van der Waals surface area contributed by atoms with Gasteiger partial charge in [0.1, 0.15) is 18.1 Å². The van der Waals surface area contributed by atoms with Crippen LogP contribution in [0.1, 0.15) is 18.4 Å². The van der Waals surface area contributed by atoms with E-state index in [2.05, 4.69) is 51.2 Å². The van der Waals surface area contributed by atoms with Gasteiger partial charge in [0.25, 0.3) is 0 Å². The molecule has 1 aromatic carbocycles. The average molecular weight is 567 g/mol. The largest absolute Gasteiger partial charge is 0.480 e. The van der Waals surface area contributed by atoms with Gasteiger partial charge in [-0.1, -0.05) is 18.2 Å². The fourth-order valence-corrected chi connectivity index (χ4v) is 4.01. The van der Waals surface area contributed by atoms with Crippen molar-refractivity contribution >= 4 is 65.8 Å². The third kappa shape index (κ3) is 9.15. The molecule has 208 valence electrons. The molecule has 0 spiro atoms. The van der Waals surface area contributed by atoms with Crippen LogP contribution >= 0.6 is 25.3 Å². The molecule has 0 aliphatic heterocycles. The molecule has 0 fully saturated rings. The lowest BCUT2D eigenvalue weighted by molar-refractivity contribution is -0.141. The highest BCUT2D eigenvalue weighted by atomic mass is 32.1. The fourth-order valence-electron chi connectivity index (χ4n) is 3.59. The number of carboxylic acid groups (broad SMARTS) is 1. The second-order valence-electron chi connectivity index (χ2n) is 8.51.